The summed E-state index contributed by atoms with van der Waals surface area (Å²) in [6.45, 7) is 8.66. The monoisotopic (exact) mass is 296 g/mol. The van der Waals surface area contributed by atoms with Crippen LogP contribution in [0.2, 0.25) is 0 Å². The lowest BCUT2D eigenvalue weighted by atomic mass is 9.81. The van der Waals surface area contributed by atoms with E-state index in [1.165, 1.54) is 57.9 Å². The molecule has 1 saturated carbocycles. The van der Waals surface area contributed by atoms with E-state index in [4.69, 9.17) is 4.74 Å². The highest BCUT2D eigenvalue weighted by Crippen LogP contribution is 2.31. The van der Waals surface area contributed by atoms with Crippen LogP contribution in [0.15, 0.2) is 0 Å². The van der Waals surface area contributed by atoms with E-state index in [-0.39, 0.29) is 0 Å². The van der Waals surface area contributed by atoms with Crippen LogP contribution >= 0.6 is 0 Å². The third kappa shape index (κ3) is 5.54. The molecule has 0 bridgehead atoms. The van der Waals surface area contributed by atoms with Gasteiger partial charge in [0.15, 0.2) is 0 Å². The fourth-order valence-electron chi connectivity index (χ4n) is 4.01. The first-order valence-corrected chi connectivity index (χ1v) is 9.13. The van der Waals surface area contributed by atoms with Crippen molar-refractivity contribution >= 4 is 0 Å². The van der Waals surface area contributed by atoms with Crippen LogP contribution in [0.4, 0.5) is 0 Å². The van der Waals surface area contributed by atoms with E-state index in [9.17, 15) is 0 Å². The Balaban J connectivity index is 1.92. The molecule has 2 aliphatic rings. The van der Waals surface area contributed by atoms with Crippen molar-refractivity contribution in [1.29, 1.82) is 0 Å². The minimum Gasteiger partial charge on any atom is -0.381 e. The van der Waals surface area contributed by atoms with Gasteiger partial charge < -0.3 is 15.0 Å². The van der Waals surface area contributed by atoms with Gasteiger partial charge in [-0.05, 0) is 32.7 Å². The Kier molecular flexibility index (Phi) is 6.97. The first-order valence-electron chi connectivity index (χ1n) is 9.13. The fraction of sp³-hybridized carbons (Fsp3) is 1.00. The number of ether oxygens (including phenoxy) is 1. The molecule has 0 amide bonds. The average Bonchev–Trinajstić information content (AvgIpc) is 2.75. The lowest BCUT2D eigenvalue weighted by Gasteiger charge is -2.42. The molecule has 0 spiro atoms. The Hall–Kier alpha value is -0.120. The third-order valence-electron chi connectivity index (χ3n) is 5.32. The molecule has 2 rings (SSSR count). The smallest absolute Gasteiger partial charge is 0.0546 e. The van der Waals surface area contributed by atoms with Gasteiger partial charge in [0, 0.05) is 37.2 Å². The SMILES string of the molecule is CC(C)NCC1(CN(C)C2CCCCCC2)CCCOC1. The van der Waals surface area contributed by atoms with Crippen LogP contribution in [0.5, 0.6) is 0 Å². The van der Waals surface area contributed by atoms with Crippen molar-refractivity contribution in [2.24, 2.45) is 5.41 Å². The van der Waals surface area contributed by atoms with Crippen molar-refractivity contribution < 1.29 is 4.74 Å². The Bertz CT molecular complexity index is 279. The number of rotatable bonds is 6. The summed E-state index contributed by atoms with van der Waals surface area (Å²) in [7, 11) is 2.35. The van der Waals surface area contributed by atoms with Gasteiger partial charge in [-0.25, -0.2) is 0 Å². The van der Waals surface area contributed by atoms with Crippen LogP contribution in [-0.2, 0) is 4.74 Å². The third-order valence-corrected chi connectivity index (χ3v) is 5.32. The molecular weight excluding hydrogens is 260 g/mol. The number of nitrogens with one attached hydrogen (secondary N) is 1. The lowest BCUT2D eigenvalue weighted by molar-refractivity contribution is -0.0299. The maximum absolute atomic E-state index is 5.86. The fourth-order valence-corrected chi connectivity index (χ4v) is 4.01. The van der Waals surface area contributed by atoms with Gasteiger partial charge >= 0.3 is 0 Å². The average molecular weight is 296 g/mol. The zero-order chi connectivity index (χ0) is 15.1. The van der Waals surface area contributed by atoms with Crippen molar-refractivity contribution in [2.75, 3.05) is 33.4 Å². The summed E-state index contributed by atoms with van der Waals surface area (Å²) in [5.41, 5.74) is 0.323. The zero-order valence-electron chi connectivity index (χ0n) is 14.5. The number of nitrogens with zero attached hydrogens (tertiary/aromatic N) is 1. The summed E-state index contributed by atoms with van der Waals surface area (Å²) >= 11 is 0. The molecule has 0 aromatic rings. The first kappa shape index (κ1) is 17.2. The zero-order valence-corrected chi connectivity index (χ0v) is 14.5. The van der Waals surface area contributed by atoms with Crippen molar-refractivity contribution in [1.82, 2.24) is 10.2 Å². The Morgan fingerprint density at radius 3 is 2.43 bits per heavy atom. The van der Waals surface area contributed by atoms with E-state index in [2.05, 4.69) is 31.1 Å². The molecule has 1 saturated heterocycles. The Labute approximate surface area is 131 Å². The molecule has 3 heteroatoms. The molecule has 3 nitrogen and oxygen atoms in total. The standard InChI is InChI=1S/C18H36N2O/c1-16(2)19-13-18(11-8-12-21-15-18)14-20(3)17-9-6-4-5-7-10-17/h16-17,19H,4-15H2,1-3H3. The molecule has 1 aliphatic carbocycles. The molecule has 2 fully saturated rings. The summed E-state index contributed by atoms with van der Waals surface area (Å²) in [5, 5.41) is 3.67. The molecule has 0 aromatic heterocycles. The molecule has 1 N–H and O–H groups in total. The number of hydrogen-bond acceptors (Lipinski definition) is 3. The van der Waals surface area contributed by atoms with Gasteiger partial charge in [0.05, 0.1) is 6.61 Å². The molecule has 1 heterocycles. The Morgan fingerprint density at radius 2 is 1.86 bits per heavy atom. The summed E-state index contributed by atoms with van der Waals surface area (Å²) in [6.07, 6.45) is 11.0. The highest BCUT2D eigenvalue weighted by Gasteiger charge is 2.35. The molecule has 1 atom stereocenters. The quantitative estimate of drug-likeness (QED) is 0.760. The maximum Gasteiger partial charge on any atom is 0.0546 e. The largest absolute Gasteiger partial charge is 0.381 e. The summed E-state index contributed by atoms with van der Waals surface area (Å²) in [5.74, 6) is 0. The number of hydrogen-bond donors (Lipinski definition) is 1. The van der Waals surface area contributed by atoms with Gasteiger partial charge in [0.25, 0.3) is 0 Å². The van der Waals surface area contributed by atoms with E-state index in [1.807, 2.05) is 0 Å². The highest BCUT2D eigenvalue weighted by molar-refractivity contribution is 4.89. The van der Waals surface area contributed by atoms with Crippen molar-refractivity contribution in [3.63, 3.8) is 0 Å². The predicted molar refractivity (Wildman–Crippen MR) is 89.7 cm³/mol. The molecule has 1 aliphatic heterocycles. The van der Waals surface area contributed by atoms with Crippen molar-refractivity contribution in [3.05, 3.63) is 0 Å². The van der Waals surface area contributed by atoms with E-state index in [0.29, 0.717) is 11.5 Å². The van der Waals surface area contributed by atoms with Gasteiger partial charge in [-0.3, -0.25) is 0 Å². The summed E-state index contributed by atoms with van der Waals surface area (Å²) in [6, 6.07) is 1.36. The molecule has 1 unspecified atom stereocenters. The maximum atomic E-state index is 5.86. The second-order valence-corrected chi connectivity index (χ2v) is 7.75. The molecule has 0 radical (unpaired) electrons. The Morgan fingerprint density at radius 1 is 1.14 bits per heavy atom. The molecule has 0 aromatic carbocycles. The first-order chi connectivity index (χ1) is 10.1. The minimum absolute atomic E-state index is 0.323. The highest BCUT2D eigenvalue weighted by atomic mass is 16.5. The molecular formula is C18H36N2O. The van der Waals surface area contributed by atoms with Crippen LogP contribution in [0.25, 0.3) is 0 Å². The van der Waals surface area contributed by atoms with Crippen molar-refractivity contribution in [3.8, 4) is 0 Å². The van der Waals surface area contributed by atoms with Crippen LogP contribution < -0.4 is 5.32 Å². The van der Waals surface area contributed by atoms with Crippen LogP contribution in [-0.4, -0.2) is 50.3 Å². The predicted octanol–water partition coefficient (Wildman–Crippen LogP) is 3.44. The summed E-state index contributed by atoms with van der Waals surface area (Å²) in [4.78, 5) is 2.65. The van der Waals surface area contributed by atoms with E-state index >= 15 is 0 Å². The second kappa shape index (κ2) is 8.50. The van der Waals surface area contributed by atoms with Crippen LogP contribution in [0, 0.1) is 5.41 Å². The van der Waals surface area contributed by atoms with Gasteiger partial charge in [0.1, 0.15) is 0 Å². The van der Waals surface area contributed by atoms with Gasteiger partial charge in [0.2, 0.25) is 0 Å². The summed E-state index contributed by atoms with van der Waals surface area (Å²) < 4.78 is 5.86. The lowest BCUT2D eigenvalue weighted by Crippen LogP contribution is -2.51. The van der Waals surface area contributed by atoms with E-state index in [1.54, 1.807) is 0 Å². The molecule has 124 valence electrons. The normalized spacial score (nSPS) is 29.0. The minimum atomic E-state index is 0.323. The van der Waals surface area contributed by atoms with Gasteiger partial charge in [-0.2, -0.15) is 0 Å². The van der Waals surface area contributed by atoms with E-state index < -0.39 is 0 Å². The van der Waals surface area contributed by atoms with Gasteiger partial charge in [-0.1, -0.05) is 39.5 Å². The van der Waals surface area contributed by atoms with Crippen LogP contribution in [0.3, 0.4) is 0 Å². The van der Waals surface area contributed by atoms with Gasteiger partial charge in [-0.15, -0.1) is 0 Å². The van der Waals surface area contributed by atoms with Crippen LogP contribution in [0.1, 0.15) is 65.2 Å². The molecule has 21 heavy (non-hydrogen) atoms. The second-order valence-electron chi connectivity index (χ2n) is 7.75. The topological polar surface area (TPSA) is 24.5 Å². The van der Waals surface area contributed by atoms with E-state index in [0.717, 1.165) is 25.8 Å². The van der Waals surface area contributed by atoms with Crippen molar-refractivity contribution in [2.45, 2.75) is 77.3 Å².